The summed E-state index contributed by atoms with van der Waals surface area (Å²) in [5, 5.41) is 9.40. The number of aliphatic hydroxyl groups is 1. The third kappa shape index (κ3) is 3.32. The molecule has 25 heavy (non-hydrogen) atoms. The lowest BCUT2D eigenvalue weighted by molar-refractivity contribution is -0.141. The largest absolute Gasteiger partial charge is 0.393 e. The van der Waals surface area contributed by atoms with E-state index in [0.29, 0.717) is 30.4 Å². The average molecular weight is 345 g/mol. The molecule has 4 rings (SSSR count). The van der Waals surface area contributed by atoms with Gasteiger partial charge in [0.15, 0.2) is 0 Å². The minimum Gasteiger partial charge on any atom is -0.393 e. The molecule has 1 aliphatic carbocycles. The monoisotopic (exact) mass is 345 g/mol. The maximum absolute atomic E-state index is 12.4. The van der Waals surface area contributed by atoms with Crippen molar-refractivity contribution in [1.29, 1.82) is 0 Å². The van der Waals surface area contributed by atoms with E-state index < -0.39 is 0 Å². The molecule has 0 spiro atoms. The van der Waals surface area contributed by atoms with Gasteiger partial charge in [0.1, 0.15) is 5.69 Å². The number of carbonyl (C=O) groups excluding carboxylic acids is 2. The number of hydrogen-bond acceptors (Lipinski definition) is 3. The zero-order valence-electron chi connectivity index (χ0n) is 14.6. The van der Waals surface area contributed by atoms with Gasteiger partial charge in [0.2, 0.25) is 5.91 Å². The van der Waals surface area contributed by atoms with Crippen LogP contribution in [0.2, 0.25) is 0 Å². The molecule has 3 heterocycles. The van der Waals surface area contributed by atoms with Crippen LogP contribution >= 0.6 is 0 Å². The second-order valence-corrected chi connectivity index (χ2v) is 7.87. The van der Waals surface area contributed by atoms with E-state index >= 15 is 0 Å². The quantitative estimate of drug-likeness (QED) is 0.871. The topological polar surface area (TPSA) is 76.6 Å². The number of carbonyl (C=O) groups is 2. The molecule has 2 N–H and O–H groups in total. The molecule has 2 amide bonds. The SMILES string of the molecule is O=C(c1ccc[nH]1)N1CCC(C2CCN(C(=O)C3CC(O)C3)C2)CC1. The molecular formula is C19H27N3O3. The molecule has 1 saturated carbocycles. The van der Waals surface area contributed by atoms with Crippen LogP contribution in [0, 0.1) is 17.8 Å². The smallest absolute Gasteiger partial charge is 0.270 e. The lowest BCUT2D eigenvalue weighted by Crippen LogP contribution is -2.43. The summed E-state index contributed by atoms with van der Waals surface area (Å²) < 4.78 is 0. The van der Waals surface area contributed by atoms with Crippen molar-refractivity contribution in [3.8, 4) is 0 Å². The number of rotatable bonds is 3. The highest BCUT2D eigenvalue weighted by Crippen LogP contribution is 2.35. The van der Waals surface area contributed by atoms with E-state index in [0.717, 1.165) is 45.4 Å². The number of piperidine rings is 1. The van der Waals surface area contributed by atoms with Gasteiger partial charge >= 0.3 is 0 Å². The van der Waals surface area contributed by atoms with Crippen LogP contribution in [0.4, 0.5) is 0 Å². The van der Waals surface area contributed by atoms with Crippen LogP contribution in [0.15, 0.2) is 18.3 Å². The third-order valence-electron chi connectivity index (χ3n) is 6.32. The standard InChI is InChI=1S/C19H27N3O3/c23-16-10-15(11-16)18(24)22-9-5-14(12-22)13-3-7-21(8-4-13)19(25)17-2-1-6-20-17/h1-2,6,13-16,20,23H,3-5,7-12H2. The zero-order chi connectivity index (χ0) is 17.4. The Morgan fingerprint density at radius 3 is 2.36 bits per heavy atom. The maximum atomic E-state index is 12.4. The minimum atomic E-state index is -0.270. The predicted octanol–water partition coefficient (Wildman–Crippen LogP) is 1.49. The molecule has 1 unspecified atom stereocenters. The first-order chi connectivity index (χ1) is 12.1. The van der Waals surface area contributed by atoms with Crippen molar-refractivity contribution in [3.05, 3.63) is 24.0 Å². The van der Waals surface area contributed by atoms with E-state index in [9.17, 15) is 14.7 Å². The van der Waals surface area contributed by atoms with Crippen molar-refractivity contribution in [2.24, 2.45) is 17.8 Å². The van der Waals surface area contributed by atoms with Crippen LogP contribution in [0.25, 0.3) is 0 Å². The Hall–Kier alpha value is -1.82. The van der Waals surface area contributed by atoms with Crippen LogP contribution in [0.1, 0.15) is 42.6 Å². The molecule has 136 valence electrons. The molecule has 0 aromatic carbocycles. The summed E-state index contributed by atoms with van der Waals surface area (Å²) in [5.41, 5.74) is 0.666. The number of aliphatic hydroxyl groups excluding tert-OH is 1. The van der Waals surface area contributed by atoms with E-state index in [1.165, 1.54) is 0 Å². The van der Waals surface area contributed by atoms with Crippen molar-refractivity contribution in [3.63, 3.8) is 0 Å². The van der Waals surface area contributed by atoms with Gasteiger partial charge in [-0.05, 0) is 56.1 Å². The van der Waals surface area contributed by atoms with Crippen LogP contribution in [0.3, 0.4) is 0 Å². The van der Waals surface area contributed by atoms with E-state index in [2.05, 4.69) is 4.98 Å². The van der Waals surface area contributed by atoms with Crippen LogP contribution in [-0.4, -0.2) is 64.0 Å². The van der Waals surface area contributed by atoms with E-state index in [4.69, 9.17) is 0 Å². The molecule has 1 aromatic rings. The molecule has 3 aliphatic rings. The molecular weight excluding hydrogens is 318 g/mol. The van der Waals surface area contributed by atoms with Crippen molar-refractivity contribution in [1.82, 2.24) is 14.8 Å². The molecule has 1 aromatic heterocycles. The molecule has 0 bridgehead atoms. The van der Waals surface area contributed by atoms with Gasteiger partial charge in [0, 0.05) is 38.3 Å². The number of nitrogens with zero attached hydrogens (tertiary/aromatic N) is 2. The summed E-state index contributed by atoms with van der Waals surface area (Å²) >= 11 is 0. The van der Waals surface area contributed by atoms with Gasteiger partial charge in [0.05, 0.1) is 6.10 Å². The van der Waals surface area contributed by atoms with Gasteiger partial charge in [-0.3, -0.25) is 9.59 Å². The van der Waals surface area contributed by atoms with Crippen molar-refractivity contribution < 1.29 is 14.7 Å². The Kier molecular flexibility index (Phi) is 4.54. The molecule has 6 nitrogen and oxygen atoms in total. The fourth-order valence-corrected chi connectivity index (χ4v) is 4.63. The lowest BCUT2D eigenvalue weighted by atomic mass is 9.81. The third-order valence-corrected chi connectivity index (χ3v) is 6.32. The second-order valence-electron chi connectivity index (χ2n) is 7.87. The average Bonchev–Trinajstić information content (AvgIpc) is 3.29. The first-order valence-corrected chi connectivity index (χ1v) is 9.51. The number of H-pyrrole nitrogens is 1. The summed E-state index contributed by atoms with van der Waals surface area (Å²) in [5.74, 6) is 1.56. The van der Waals surface area contributed by atoms with Gasteiger partial charge in [-0.25, -0.2) is 0 Å². The van der Waals surface area contributed by atoms with Crippen molar-refractivity contribution >= 4 is 11.8 Å². The Bertz CT molecular complexity index is 616. The summed E-state index contributed by atoms with van der Waals surface area (Å²) in [6.45, 7) is 3.34. The maximum Gasteiger partial charge on any atom is 0.270 e. The van der Waals surface area contributed by atoms with Gasteiger partial charge < -0.3 is 19.9 Å². The number of aromatic amines is 1. The van der Waals surface area contributed by atoms with Gasteiger partial charge in [-0.15, -0.1) is 0 Å². The Morgan fingerprint density at radius 2 is 1.72 bits per heavy atom. The van der Waals surface area contributed by atoms with Crippen LogP contribution < -0.4 is 0 Å². The number of hydrogen-bond donors (Lipinski definition) is 2. The molecule has 0 radical (unpaired) electrons. The first-order valence-electron chi connectivity index (χ1n) is 9.51. The molecule has 6 heteroatoms. The number of likely N-dealkylation sites (tertiary alicyclic amines) is 2. The number of amides is 2. The Labute approximate surface area is 148 Å². The Balaban J connectivity index is 1.26. The normalized spacial score (nSPS) is 30.4. The molecule has 2 saturated heterocycles. The zero-order valence-corrected chi connectivity index (χ0v) is 14.6. The van der Waals surface area contributed by atoms with Crippen LogP contribution in [-0.2, 0) is 4.79 Å². The van der Waals surface area contributed by atoms with Crippen molar-refractivity contribution in [2.75, 3.05) is 26.2 Å². The fraction of sp³-hybridized carbons (Fsp3) is 0.684. The highest BCUT2D eigenvalue weighted by Gasteiger charge is 2.40. The highest BCUT2D eigenvalue weighted by atomic mass is 16.3. The fourth-order valence-electron chi connectivity index (χ4n) is 4.63. The first kappa shape index (κ1) is 16.6. The van der Waals surface area contributed by atoms with Gasteiger partial charge in [-0.2, -0.15) is 0 Å². The summed E-state index contributed by atoms with van der Waals surface area (Å²) in [7, 11) is 0. The highest BCUT2D eigenvalue weighted by molar-refractivity contribution is 5.92. The number of aromatic nitrogens is 1. The number of nitrogens with one attached hydrogen (secondary N) is 1. The second kappa shape index (κ2) is 6.83. The lowest BCUT2D eigenvalue weighted by Gasteiger charge is -2.35. The van der Waals surface area contributed by atoms with E-state index in [-0.39, 0.29) is 23.8 Å². The molecule has 3 fully saturated rings. The summed E-state index contributed by atoms with van der Waals surface area (Å²) in [4.78, 5) is 31.8. The Morgan fingerprint density at radius 1 is 1.04 bits per heavy atom. The van der Waals surface area contributed by atoms with Gasteiger partial charge in [0.25, 0.3) is 5.91 Å². The summed E-state index contributed by atoms with van der Waals surface area (Å²) in [6.07, 6.45) is 5.93. The predicted molar refractivity (Wildman–Crippen MR) is 92.8 cm³/mol. The van der Waals surface area contributed by atoms with E-state index in [1.54, 1.807) is 6.20 Å². The molecule has 2 aliphatic heterocycles. The van der Waals surface area contributed by atoms with Crippen molar-refractivity contribution in [2.45, 2.75) is 38.2 Å². The minimum absolute atomic E-state index is 0.0500. The van der Waals surface area contributed by atoms with Crippen LogP contribution in [0.5, 0.6) is 0 Å². The summed E-state index contributed by atoms with van der Waals surface area (Å²) in [6, 6.07) is 3.68. The molecule has 1 atom stereocenters. The van der Waals surface area contributed by atoms with Gasteiger partial charge in [-0.1, -0.05) is 0 Å². The van der Waals surface area contributed by atoms with E-state index in [1.807, 2.05) is 21.9 Å².